The van der Waals surface area contributed by atoms with Gasteiger partial charge in [0.25, 0.3) is 0 Å². The zero-order valence-electron chi connectivity index (χ0n) is 12.0. The van der Waals surface area contributed by atoms with E-state index in [4.69, 9.17) is 4.74 Å². The van der Waals surface area contributed by atoms with Gasteiger partial charge in [-0.2, -0.15) is 0 Å². The molecule has 2 saturated heterocycles. The minimum absolute atomic E-state index is 0.320. The fourth-order valence-corrected chi connectivity index (χ4v) is 5.00. The van der Waals surface area contributed by atoms with Crippen LogP contribution in [-0.4, -0.2) is 43.7 Å². The van der Waals surface area contributed by atoms with E-state index in [2.05, 4.69) is 21.7 Å². The number of thiophene rings is 1. The van der Waals surface area contributed by atoms with Crippen LogP contribution >= 0.6 is 11.3 Å². The highest BCUT2D eigenvalue weighted by molar-refractivity contribution is 7.10. The summed E-state index contributed by atoms with van der Waals surface area (Å²) in [6, 6.07) is 3.06. The summed E-state index contributed by atoms with van der Waals surface area (Å²) in [7, 11) is 0. The Hall–Kier alpha value is -0.420. The quantitative estimate of drug-likeness (QED) is 0.926. The molecule has 4 rings (SSSR count). The van der Waals surface area contributed by atoms with Gasteiger partial charge in [-0.3, -0.25) is 0 Å². The second-order valence-electron chi connectivity index (χ2n) is 6.42. The van der Waals surface area contributed by atoms with Gasteiger partial charge in [0, 0.05) is 30.4 Å². The molecular formula is C16H24N2OS. The van der Waals surface area contributed by atoms with Gasteiger partial charge in [0.2, 0.25) is 0 Å². The van der Waals surface area contributed by atoms with Crippen LogP contribution < -0.4 is 5.32 Å². The van der Waals surface area contributed by atoms with E-state index in [1.54, 1.807) is 4.88 Å². The summed E-state index contributed by atoms with van der Waals surface area (Å²) < 4.78 is 6.03. The monoisotopic (exact) mass is 292 g/mol. The van der Waals surface area contributed by atoms with Crippen molar-refractivity contribution in [1.29, 1.82) is 0 Å². The SMILES string of the molecule is c1cc2c(s1)CCOC2CN1CCC(C2CCCN2)C1. The van der Waals surface area contributed by atoms with Crippen molar-refractivity contribution in [1.82, 2.24) is 10.2 Å². The number of hydrogen-bond acceptors (Lipinski definition) is 4. The molecule has 0 aliphatic carbocycles. The molecule has 110 valence electrons. The average molecular weight is 292 g/mol. The Morgan fingerprint density at radius 2 is 2.40 bits per heavy atom. The van der Waals surface area contributed by atoms with Crippen LogP contribution in [0.5, 0.6) is 0 Å². The molecule has 20 heavy (non-hydrogen) atoms. The van der Waals surface area contributed by atoms with E-state index in [0.29, 0.717) is 6.10 Å². The predicted octanol–water partition coefficient (Wildman–Crippen LogP) is 2.44. The molecule has 4 heterocycles. The number of ether oxygens (including phenoxy) is 1. The molecule has 3 aliphatic rings. The van der Waals surface area contributed by atoms with Crippen molar-refractivity contribution in [3.63, 3.8) is 0 Å². The fourth-order valence-electron chi connectivity index (χ4n) is 4.08. The third-order valence-corrected chi connectivity index (χ3v) is 6.17. The van der Waals surface area contributed by atoms with Crippen molar-refractivity contribution < 1.29 is 4.74 Å². The van der Waals surface area contributed by atoms with Crippen LogP contribution in [0.2, 0.25) is 0 Å². The number of hydrogen-bond donors (Lipinski definition) is 1. The van der Waals surface area contributed by atoms with Crippen molar-refractivity contribution >= 4 is 11.3 Å². The second kappa shape index (κ2) is 5.76. The lowest BCUT2D eigenvalue weighted by molar-refractivity contribution is 0.0208. The Kier molecular flexibility index (Phi) is 3.82. The topological polar surface area (TPSA) is 24.5 Å². The van der Waals surface area contributed by atoms with E-state index in [9.17, 15) is 0 Å². The van der Waals surface area contributed by atoms with Gasteiger partial charge >= 0.3 is 0 Å². The van der Waals surface area contributed by atoms with E-state index in [-0.39, 0.29) is 0 Å². The summed E-state index contributed by atoms with van der Waals surface area (Å²) in [4.78, 5) is 4.18. The Balaban J connectivity index is 1.37. The molecule has 3 unspecified atom stereocenters. The van der Waals surface area contributed by atoms with Crippen molar-refractivity contribution in [3.05, 3.63) is 21.9 Å². The van der Waals surface area contributed by atoms with Gasteiger partial charge in [0.15, 0.2) is 0 Å². The predicted molar refractivity (Wildman–Crippen MR) is 82.3 cm³/mol. The van der Waals surface area contributed by atoms with E-state index in [1.807, 2.05) is 11.3 Å². The van der Waals surface area contributed by atoms with Crippen molar-refractivity contribution in [3.8, 4) is 0 Å². The first kappa shape index (κ1) is 13.3. The maximum absolute atomic E-state index is 6.03. The van der Waals surface area contributed by atoms with Crippen LogP contribution in [-0.2, 0) is 11.2 Å². The standard InChI is InChI=1S/C16H24N2OS/c1-2-14(17-6-1)12-3-7-18(10-12)11-15-13-5-9-20-16(13)4-8-19-15/h5,9,12,14-15,17H,1-4,6-8,10-11H2. The Morgan fingerprint density at radius 3 is 3.30 bits per heavy atom. The second-order valence-corrected chi connectivity index (χ2v) is 7.42. The fraction of sp³-hybridized carbons (Fsp3) is 0.750. The van der Waals surface area contributed by atoms with Gasteiger partial charge in [-0.05, 0) is 55.3 Å². The molecule has 1 N–H and O–H groups in total. The molecule has 2 fully saturated rings. The lowest BCUT2D eigenvalue weighted by Gasteiger charge is -2.28. The summed E-state index contributed by atoms with van der Waals surface area (Å²) in [6.45, 7) is 5.73. The van der Waals surface area contributed by atoms with Gasteiger partial charge in [-0.25, -0.2) is 0 Å². The highest BCUT2D eigenvalue weighted by Crippen LogP contribution is 2.33. The summed E-state index contributed by atoms with van der Waals surface area (Å²) >= 11 is 1.90. The number of nitrogens with one attached hydrogen (secondary N) is 1. The molecule has 4 heteroatoms. The van der Waals surface area contributed by atoms with Gasteiger partial charge < -0.3 is 15.0 Å². The minimum atomic E-state index is 0.320. The van der Waals surface area contributed by atoms with E-state index in [0.717, 1.165) is 31.5 Å². The first-order valence-electron chi connectivity index (χ1n) is 8.04. The minimum Gasteiger partial charge on any atom is -0.372 e. The zero-order chi connectivity index (χ0) is 13.4. The molecular weight excluding hydrogens is 268 g/mol. The summed E-state index contributed by atoms with van der Waals surface area (Å²) in [5, 5.41) is 5.90. The Morgan fingerprint density at radius 1 is 1.40 bits per heavy atom. The molecule has 3 nitrogen and oxygen atoms in total. The van der Waals surface area contributed by atoms with Crippen LogP contribution in [0.1, 0.15) is 35.8 Å². The smallest absolute Gasteiger partial charge is 0.0962 e. The van der Waals surface area contributed by atoms with Gasteiger partial charge in [-0.1, -0.05) is 0 Å². The molecule has 0 bridgehead atoms. The van der Waals surface area contributed by atoms with Gasteiger partial charge in [-0.15, -0.1) is 11.3 Å². The highest BCUT2D eigenvalue weighted by Gasteiger charge is 2.33. The first-order chi connectivity index (χ1) is 9.90. The Labute approximate surface area is 125 Å². The molecule has 0 saturated carbocycles. The van der Waals surface area contributed by atoms with E-state index in [1.165, 1.54) is 44.5 Å². The van der Waals surface area contributed by atoms with E-state index >= 15 is 0 Å². The molecule has 3 atom stereocenters. The maximum atomic E-state index is 6.03. The van der Waals surface area contributed by atoms with Gasteiger partial charge in [0.05, 0.1) is 12.7 Å². The molecule has 1 aromatic rings. The molecule has 0 amide bonds. The number of rotatable bonds is 3. The zero-order valence-corrected chi connectivity index (χ0v) is 12.8. The van der Waals surface area contributed by atoms with Crippen molar-refractivity contribution in [2.75, 3.05) is 32.8 Å². The summed E-state index contributed by atoms with van der Waals surface area (Å²) in [5.74, 6) is 0.864. The number of likely N-dealkylation sites (tertiary alicyclic amines) is 1. The normalized spacial score (nSPS) is 34.5. The lowest BCUT2D eigenvalue weighted by Crippen LogP contribution is -2.34. The molecule has 0 spiro atoms. The number of nitrogens with zero attached hydrogens (tertiary/aromatic N) is 1. The van der Waals surface area contributed by atoms with Gasteiger partial charge in [0.1, 0.15) is 0 Å². The first-order valence-corrected chi connectivity index (χ1v) is 8.92. The maximum Gasteiger partial charge on any atom is 0.0962 e. The Bertz CT molecular complexity index is 455. The van der Waals surface area contributed by atoms with Crippen molar-refractivity contribution in [2.24, 2.45) is 5.92 Å². The molecule has 0 aromatic carbocycles. The van der Waals surface area contributed by atoms with Crippen molar-refractivity contribution in [2.45, 2.75) is 37.8 Å². The van der Waals surface area contributed by atoms with E-state index < -0.39 is 0 Å². The summed E-state index contributed by atoms with van der Waals surface area (Å²) in [5.41, 5.74) is 1.46. The average Bonchev–Trinajstić information content (AvgIpc) is 3.20. The van der Waals surface area contributed by atoms with Crippen LogP contribution in [0, 0.1) is 5.92 Å². The van der Waals surface area contributed by atoms with Crippen LogP contribution in [0.3, 0.4) is 0 Å². The van der Waals surface area contributed by atoms with Crippen LogP contribution in [0.25, 0.3) is 0 Å². The molecule has 0 radical (unpaired) electrons. The molecule has 1 aromatic heterocycles. The van der Waals surface area contributed by atoms with Crippen LogP contribution in [0.15, 0.2) is 11.4 Å². The third kappa shape index (κ3) is 2.54. The number of fused-ring (bicyclic) bond motifs is 1. The lowest BCUT2D eigenvalue weighted by atomic mass is 9.98. The molecule has 3 aliphatic heterocycles. The largest absolute Gasteiger partial charge is 0.372 e. The highest BCUT2D eigenvalue weighted by atomic mass is 32.1. The van der Waals surface area contributed by atoms with Crippen LogP contribution in [0.4, 0.5) is 0 Å². The third-order valence-electron chi connectivity index (χ3n) is 5.18. The summed E-state index contributed by atoms with van der Waals surface area (Å²) in [6.07, 6.45) is 5.54.